The van der Waals surface area contributed by atoms with Gasteiger partial charge in [0.1, 0.15) is 6.10 Å². The van der Waals surface area contributed by atoms with Gasteiger partial charge in [-0.05, 0) is 44.4 Å². The lowest BCUT2D eigenvalue weighted by Gasteiger charge is -2.26. The molecule has 26 heavy (non-hydrogen) atoms. The highest BCUT2D eigenvalue weighted by atomic mass is 16.5. The van der Waals surface area contributed by atoms with Crippen LogP contribution in [0.1, 0.15) is 36.5 Å². The first kappa shape index (κ1) is 18.7. The summed E-state index contributed by atoms with van der Waals surface area (Å²) in [6, 6.07) is 6.57. The van der Waals surface area contributed by atoms with Gasteiger partial charge in [-0.15, -0.1) is 0 Å². The molecule has 2 aliphatic heterocycles. The molecule has 2 atom stereocenters. The minimum Gasteiger partial charge on any atom is -0.376 e. The molecule has 7 heteroatoms. The number of nitrogens with zero attached hydrogens (tertiary/aromatic N) is 1. The number of ether oxygens (including phenoxy) is 2. The summed E-state index contributed by atoms with van der Waals surface area (Å²) in [6.45, 7) is 5.02. The average Bonchev–Trinajstić information content (AvgIpc) is 3.09. The number of likely N-dealkylation sites (tertiary alicyclic amines) is 1. The van der Waals surface area contributed by atoms with Gasteiger partial charge in [0.25, 0.3) is 5.91 Å². The highest BCUT2D eigenvalue weighted by molar-refractivity contribution is 5.97. The molecule has 2 fully saturated rings. The number of urea groups is 1. The number of benzene rings is 1. The van der Waals surface area contributed by atoms with Crippen LogP contribution >= 0.6 is 0 Å². The maximum atomic E-state index is 12.6. The van der Waals surface area contributed by atoms with E-state index in [0.717, 1.165) is 25.9 Å². The number of carbonyl (C=O) groups excluding carboxylic acids is 2. The van der Waals surface area contributed by atoms with Crippen LogP contribution in [0.25, 0.3) is 0 Å². The molecule has 2 saturated heterocycles. The lowest BCUT2D eigenvalue weighted by atomic mass is 10.1. The van der Waals surface area contributed by atoms with Gasteiger partial charge >= 0.3 is 6.03 Å². The van der Waals surface area contributed by atoms with E-state index < -0.39 is 0 Å². The van der Waals surface area contributed by atoms with Crippen LogP contribution in [0.15, 0.2) is 24.3 Å². The molecule has 0 bridgehead atoms. The van der Waals surface area contributed by atoms with Gasteiger partial charge in [0.15, 0.2) is 0 Å². The summed E-state index contributed by atoms with van der Waals surface area (Å²) in [4.78, 5) is 26.7. The number of hydrogen-bond acceptors (Lipinski definition) is 4. The molecule has 3 amide bonds. The summed E-state index contributed by atoms with van der Waals surface area (Å²) < 4.78 is 10.9. The first-order chi connectivity index (χ1) is 12.7. The van der Waals surface area contributed by atoms with Crippen LogP contribution in [0.3, 0.4) is 0 Å². The van der Waals surface area contributed by atoms with Crippen LogP contribution in [-0.4, -0.2) is 61.9 Å². The zero-order valence-corrected chi connectivity index (χ0v) is 15.2. The van der Waals surface area contributed by atoms with Crippen molar-refractivity contribution in [3.05, 3.63) is 29.8 Å². The van der Waals surface area contributed by atoms with Crippen molar-refractivity contribution in [2.24, 2.45) is 0 Å². The molecule has 1 aromatic carbocycles. The van der Waals surface area contributed by atoms with Crippen LogP contribution in [0.5, 0.6) is 0 Å². The predicted octanol–water partition coefficient (Wildman–Crippen LogP) is 2.24. The molecule has 7 nitrogen and oxygen atoms in total. The van der Waals surface area contributed by atoms with Gasteiger partial charge in [-0.25, -0.2) is 4.79 Å². The Morgan fingerprint density at radius 3 is 2.81 bits per heavy atom. The Morgan fingerprint density at radius 1 is 1.23 bits per heavy atom. The Bertz CT molecular complexity index is 631. The Hall–Kier alpha value is -2.12. The van der Waals surface area contributed by atoms with Gasteiger partial charge in [0, 0.05) is 30.9 Å². The molecule has 0 saturated carbocycles. The van der Waals surface area contributed by atoms with E-state index in [1.807, 2.05) is 11.8 Å². The zero-order chi connectivity index (χ0) is 18.4. The quantitative estimate of drug-likeness (QED) is 0.843. The van der Waals surface area contributed by atoms with Crippen LogP contribution < -0.4 is 10.6 Å². The van der Waals surface area contributed by atoms with Crippen molar-refractivity contribution in [2.75, 3.05) is 38.2 Å². The molecule has 1 aromatic rings. The average molecular weight is 361 g/mol. The number of anilines is 1. The molecule has 2 heterocycles. The predicted molar refractivity (Wildman–Crippen MR) is 98.4 cm³/mol. The molecule has 0 aliphatic carbocycles. The Balaban J connectivity index is 1.57. The van der Waals surface area contributed by atoms with Gasteiger partial charge in [-0.3, -0.25) is 4.79 Å². The summed E-state index contributed by atoms with van der Waals surface area (Å²) >= 11 is 0. The summed E-state index contributed by atoms with van der Waals surface area (Å²) in [5.74, 6) is 0.0226. The minimum atomic E-state index is -0.326. The number of amides is 3. The monoisotopic (exact) mass is 361 g/mol. The van der Waals surface area contributed by atoms with Crippen molar-refractivity contribution in [1.82, 2.24) is 10.2 Å². The maximum absolute atomic E-state index is 12.6. The van der Waals surface area contributed by atoms with Crippen molar-refractivity contribution in [2.45, 2.75) is 38.3 Å². The van der Waals surface area contributed by atoms with E-state index >= 15 is 0 Å². The first-order valence-electron chi connectivity index (χ1n) is 9.33. The number of nitrogens with one attached hydrogen (secondary N) is 2. The third kappa shape index (κ3) is 4.74. The summed E-state index contributed by atoms with van der Waals surface area (Å²) in [7, 11) is 0. The summed E-state index contributed by atoms with van der Waals surface area (Å²) in [5.41, 5.74) is 1.19. The van der Waals surface area contributed by atoms with E-state index in [0.29, 0.717) is 31.1 Å². The second kappa shape index (κ2) is 9.00. The van der Waals surface area contributed by atoms with Crippen LogP contribution in [0.2, 0.25) is 0 Å². The fourth-order valence-corrected chi connectivity index (χ4v) is 3.39. The van der Waals surface area contributed by atoms with Gasteiger partial charge in [0.2, 0.25) is 0 Å². The molecule has 2 N–H and O–H groups in total. The number of piperidine rings is 1. The van der Waals surface area contributed by atoms with Crippen molar-refractivity contribution in [3.8, 4) is 0 Å². The number of hydrogen-bond donors (Lipinski definition) is 2. The molecule has 0 radical (unpaired) electrons. The van der Waals surface area contributed by atoms with Gasteiger partial charge in [-0.1, -0.05) is 6.07 Å². The lowest BCUT2D eigenvalue weighted by Crippen LogP contribution is -2.45. The highest BCUT2D eigenvalue weighted by Crippen LogP contribution is 2.17. The highest BCUT2D eigenvalue weighted by Gasteiger charge is 2.30. The Kier molecular flexibility index (Phi) is 6.46. The molecule has 0 unspecified atom stereocenters. The molecular weight excluding hydrogens is 334 g/mol. The normalized spacial score (nSPS) is 22.9. The fourth-order valence-electron chi connectivity index (χ4n) is 3.39. The summed E-state index contributed by atoms with van der Waals surface area (Å²) in [5, 5.41) is 5.68. The van der Waals surface area contributed by atoms with Crippen molar-refractivity contribution in [1.29, 1.82) is 0 Å². The van der Waals surface area contributed by atoms with Gasteiger partial charge in [-0.2, -0.15) is 0 Å². The fraction of sp³-hybridized carbons (Fsp3) is 0.579. The SMILES string of the molecule is CCO[C@@H]1COC[C@H]1NC(=O)Nc1cccc(C(=O)N2CCCCC2)c1. The molecular formula is C19H27N3O4. The minimum absolute atomic E-state index is 0.0226. The second-order valence-electron chi connectivity index (χ2n) is 6.67. The third-order valence-electron chi connectivity index (χ3n) is 4.74. The van der Waals surface area contributed by atoms with E-state index in [2.05, 4.69) is 10.6 Å². The molecule has 2 aliphatic rings. The van der Waals surface area contributed by atoms with Crippen LogP contribution in [0, 0.1) is 0 Å². The van der Waals surface area contributed by atoms with Crippen LogP contribution in [-0.2, 0) is 9.47 Å². The molecule has 0 spiro atoms. The smallest absolute Gasteiger partial charge is 0.319 e. The van der Waals surface area contributed by atoms with E-state index in [4.69, 9.17) is 9.47 Å². The van der Waals surface area contributed by atoms with E-state index in [9.17, 15) is 9.59 Å². The Morgan fingerprint density at radius 2 is 2.04 bits per heavy atom. The standard InChI is InChI=1S/C19H27N3O4/c1-2-26-17-13-25-12-16(17)21-19(24)20-15-8-6-7-14(11-15)18(23)22-9-4-3-5-10-22/h6-8,11,16-17H,2-5,9-10,12-13H2,1H3,(H2,20,21,24)/t16-,17-/m1/s1. The lowest BCUT2D eigenvalue weighted by molar-refractivity contribution is 0.0428. The van der Waals surface area contributed by atoms with Crippen molar-refractivity contribution >= 4 is 17.6 Å². The number of rotatable bonds is 5. The van der Waals surface area contributed by atoms with Crippen molar-refractivity contribution in [3.63, 3.8) is 0 Å². The van der Waals surface area contributed by atoms with Gasteiger partial charge < -0.3 is 25.0 Å². The van der Waals surface area contributed by atoms with Gasteiger partial charge in [0.05, 0.1) is 19.3 Å². The number of carbonyl (C=O) groups is 2. The van der Waals surface area contributed by atoms with E-state index in [1.165, 1.54) is 6.42 Å². The van der Waals surface area contributed by atoms with E-state index in [-0.39, 0.29) is 24.1 Å². The van der Waals surface area contributed by atoms with E-state index in [1.54, 1.807) is 24.3 Å². The third-order valence-corrected chi connectivity index (χ3v) is 4.74. The molecule has 142 valence electrons. The topological polar surface area (TPSA) is 79.9 Å². The first-order valence-corrected chi connectivity index (χ1v) is 9.33. The summed E-state index contributed by atoms with van der Waals surface area (Å²) in [6.07, 6.45) is 3.16. The van der Waals surface area contributed by atoms with Crippen LogP contribution in [0.4, 0.5) is 10.5 Å². The molecule has 0 aromatic heterocycles. The Labute approximate surface area is 154 Å². The van der Waals surface area contributed by atoms with Crippen molar-refractivity contribution < 1.29 is 19.1 Å². The zero-order valence-electron chi connectivity index (χ0n) is 15.2. The molecule has 3 rings (SSSR count). The largest absolute Gasteiger partial charge is 0.376 e. The second-order valence-corrected chi connectivity index (χ2v) is 6.67. The maximum Gasteiger partial charge on any atom is 0.319 e.